The molecule has 40 heavy (non-hydrogen) atoms. The highest BCUT2D eigenvalue weighted by Crippen LogP contribution is 2.43. The fourth-order valence-electron chi connectivity index (χ4n) is 5.48. The standard InChI is InChI=1S/C26H33N3O4.C2HF3O2/c27-26(33)20-3-1-2-19(14-20)21-15-22-6-7-23(16-21)29(22)13-12-28(25(32)17-30)11-10-18-4-8-24(31)9-5-18;3-2(4,5)1(6)7/h1-5,8-9,14,21-23,30-31H,6-7,10-13,15-17H2,(H2,27,33);(H,6,7)/t21?,22-,23+;. The molecule has 2 aliphatic rings. The lowest BCUT2D eigenvalue weighted by Crippen LogP contribution is -2.47. The monoisotopic (exact) mass is 565 g/mol. The zero-order valence-electron chi connectivity index (χ0n) is 21.9. The molecule has 5 N–H and O–H groups in total. The van der Waals surface area contributed by atoms with E-state index >= 15 is 0 Å². The lowest BCUT2D eigenvalue weighted by atomic mass is 9.84. The summed E-state index contributed by atoms with van der Waals surface area (Å²) in [5, 5.41) is 26.0. The minimum absolute atomic E-state index is 0.224. The van der Waals surface area contributed by atoms with Gasteiger partial charge in [-0.05, 0) is 73.4 Å². The third-order valence-electron chi connectivity index (χ3n) is 7.49. The fraction of sp³-hybridized carbons (Fsp3) is 0.464. The Kier molecular flexibility index (Phi) is 10.5. The van der Waals surface area contributed by atoms with Gasteiger partial charge in [0.05, 0.1) is 0 Å². The summed E-state index contributed by atoms with van der Waals surface area (Å²) in [6, 6.07) is 15.7. The molecule has 3 atom stereocenters. The molecular formula is C28H34F3N3O6. The van der Waals surface area contributed by atoms with Crippen molar-refractivity contribution in [2.45, 2.75) is 56.3 Å². The number of hydrogen-bond donors (Lipinski definition) is 4. The summed E-state index contributed by atoms with van der Waals surface area (Å²) in [5.74, 6) is -2.75. The van der Waals surface area contributed by atoms with Gasteiger partial charge in [0.25, 0.3) is 0 Å². The van der Waals surface area contributed by atoms with E-state index in [1.807, 2.05) is 24.3 Å². The predicted octanol–water partition coefficient (Wildman–Crippen LogP) is 2.90. The van der Waals surface area contributed by atoms with Gasteiger partial charge in [-0.25, -0.2) is 4.79 Å². The first-order valence-electron chi connectivity index (χ1n) is 13.0. The first kappa shape index (κ1) is 30.9. The second-order valence-corrected chi connectivity index (χ2v) is 10.0. The summed E-state index contributed by atoms with van der Waals surface area (Å²) in [6.07, 6.45) is -0.0201. The third-order valence-corrected chi connectivity index (χ3v) is 7.49. The van der Waals surface area contributed by atoms with Crippen molar-refractivity contribution in [2.24, 2.45) is 5.73 Å². The summed E-state index contributed by atoms with van der Waals surface area (Å²) in [6.45, 7) is 1.44. The SMILES string of the molecule is NC(=O)c1cccc(C2C[C@H]3CC[C@@H](C2)N3CCN(CCc2ccc(O)cc2)C(=O)CO)c1.O=C(O)C(F)(F)F. The fourth-order valence-corrected chi connectivity index (χ4v) is 5.48. The van der Waals surface area contributed by atoms with Gasteiger partial charge in [0.15, 0.2) is 0 Å². The Hall–Kier alpha value is -3.64. The van der Waals surface area contributed by atoms with Crippen LogP contribution in [-0.2, 0) is 16.0 Å². The van der Waals surface area contributed by atoms with Gasteiger partial charge in [-0.2, -0.15) is 13.2 Å². The number of primary amides is 1. The van der Waals surface area contributed by atoms with Crippen LogP contribution in [0.1, 0.15) is 53.1 Å². The number of carbonyl (C=O) groups is 3. The Morgan fingerprint density at radius 3 is 2.12 bits per heavy atom. The lowest BCUT2D eigenvalue weighted by Gasteiger charge is -2.40. The van der Waals surface area contributed by atoms with E-state index in [1.54, 1.807) is 23.1 Å². The molecule has 2 amide bonds. The number of aliphatic hydroxyl groups excluding tert-OH is 1. The molecule has 2 saturated heterocycles. The van der Waals surface area contributed by atoms with E-state index in [1.165, 1.54) is 5.56 Å². The summed E-state index contributed by atoms with van der Waals surface area (Å²) in [5.41, 5.74) is 8.26. The van der Waals surface area contributed by atoms with Crippen molar-refractivity contribution in [3.05, 3.63) is 65.2 Å². The van der Waals surface area contributed by atoms with Crippen LogP contribution in [0.5, 0.6) is 5.75 Å². The highest BCUT2D eigenvalue weighted by atomic mass is 19.4. The van der Waals surface area contributed by atoms with Crippen molar-refractivity contribution < 1.29 is 42.9 Å². The molecule has 0 aromatic heterocycles. The third kappa shape index (κ3) is 8.43. The lowest BCUT2D eigenvalue weighted by molar-refractivity contribution is -0.192. The number of benzene rings is 2. The van der Waals surface area contributed by atoms with E-state index in [-0.39, 0.29) is 11.7 Å². The number of aromatic hydroxyl groups is 1. The minimum atomic E-state index is -5.08. The van der Waals surface area contributed by atoms with Crippen LogP contribution < -0.4 is 5.73 Å². The summed E-state index contributed by atoms with van der Waals surface area (Å²) in [7, 11) is 0. The van der Waals surface area contributed by atoms with Crippen LogP contribution in [0.4, 0.5) is 13.2 Å². The number of fused-ring (bicyclic) bond motifs is 2. The number of phenols is 1. The van der Waals surface area contributed by atoms with Gasteiger partial charge in [-0.1, -0.05) is 24.3 Å². The number of nitrogens with two attached hydrogens (primary N) is 1. The number of carboxylic acid groups (broad SMARTS) is 1. The molecule has 2 heterocycles. The van der Waals surface area contributed by atoms with Crippen LogP contribution in [0.25, 0.3) is 0 Å². The molecule has 0 spiro atoms. The highest BCUT2D eigenvalue weighted by molar-refractivity contribution is 5.92. The molecule has 1 unspecified atom stereocenters. The van der Waals surface area contributed by atoms with E-state index in [2.05, 4.69) is 11.0 Å². The molecule has 12 heteroatoms. The molecule has 2 aliphatic heterocycles. The van der Waals surface area contributed by atoms with E-state index in [0.717, 1.165) is 37.8 Å². The summed E-state index contributed by atoms with van der Waals surface area (Å²) >= 11 is 0. The number of nitrogens with zero attached hydrogens (tertiary/aromatic N) is 2. The number of halogens is 3. The maximum atomic E-state index is 12.3. The first-order chi connectivity index (χ1) is 18.9. The summed E-state index contributed by atoms with van der Waals surface area (Å²) in [4.78, 5) is 37.1. The van der Waals surface area contributed by atoms with E-state index in [0.29, 0.717) is 43.1 Å². The number of piperidine rings is 1. The smallest absolute Gasteiger partial charge is 0.490 e. The van der Waals surface area contributed by atoms with Gasteiger partial charge in [0.2, 0.25) is 11.8 Å². The van der Waals surface area contributed by atoms with Crippen LogP contribution in [0.2, 0.25) is 0 Å². The molecule has 2 aromatic carbocycles. The van der Waals surface area contributed by atoms with Crippen molar-refractivity contribution in [1.29, 1.82) is 0 Å². The van der Waals surface area contributed by atoms with Crippen LogP contribution in [0.15, 0.2) is 48.5 Å². The number of aliphatic carboxylic acids is 1. The van der Waals surface area contributed by atoms with Crippen LogP contribution >= 0.6 is 0 Å². The van der Waals surface area contributed by atoms with E-state index in [4.69, 9.17) is 15.6 Å². The number of phenolic OH excluding ortho intramolecular Hbond substituents is 1. The number of carboxylic acids is 1. The van der Waals surface area contributed by atoms with E-state index < -0.39 is 24.7 Å². The van der Waals surface area contributed by atoms with Gasteiger partial charge in [-0.3, -0.25) is 14.5 Å². The molecule has 9 nitrogen and oxygen atoms in total. The van der Waals surface area contributed by atoms with Gasteiger partial charge in [-0.15, -0.1) is 0 Å². The molecular weight excluding hydrogens is 531 g/mol. The average Bonchev–Trinajstić information content (AvgIpc) is 3.15. The Labute approximate surface area is 230 Å². The van der Waals surface area contributed by atoms with Crippen molar-refractivity contribution in [2.75, 3.05) is 26.2 Å². The zero-order valence-corrected chi connectivity index (χ0v) is 21.9. The number of aliphatic hydroxyl groups is 1. The number of hydrogen-bond acceptors (Lipinski definition) is 6. The largest absolute Gasteiger partial charge is 0.508 e. The molecule has 2 bridgehead atoms. The second kappa shape index (κ2) is 13.6. The Morgan fingerprint density at radius 1 is 1.00 bits per heavy atom. The van der Waals surface area contributed by atoms with Gasteiger partial charge < -0.3 is 26.0 Å². The van der Waals surface area contributed by atoms with Crippen molar-refractivity contribution in [1.82, 2.24) is 9.80 Å². The number of alkyl halides is 3. The maximum absolute atomic E-state index is 12.3. The minimum Gasteiger partial charge on any atom is -0.508 e. The average molecular weight is 566 g/mol. The molecule has 2 aromatic rings. The van der Waals surface area contributed by atoms with Crippen LogP contribution in [-0.4, -0.2) is 87.4 Å². The summed E-state index contributed by atoms with van der Waals surface area (Å²) < 4.78 is 31.7. The highest BCUT2D eigenvalue weighted by Gasteiger charge is 2.41. The first-order valence-corrected chi connectivity index (χ1v) is 13.0. The van der Waals surface area contributed by atoms with Crippen molar-refractivity contribution >= 4 is 17.8 Å². The molecule has 2 fully saturated rings. The van der Waals surface area contributed by atoms with Crippen LogP contribution in [0.3, 0.4) is 0 Å². The van der Waals surface area contributed by atoms with Gasteiger partial charge in [0.1, 0.15) is 12.4 Å². The van der Waals surface area contributed by atoms with Crippen LogP contribution in [0, 0.1) is 0 Å². The van der Waals surface area contributed by atoms with Gasteiger partial charge in [0, 0.05) is 37.3 Å². The molecule has 0 aliphatic carbocycles. The number of carbonyl (C=O) groups excluding carboxylic acids is 2. The van der Waals surface area contributed by atoms with Crippen molar-refractivity contribution in [3.8, 4) is 5.75 Å². The quantitative estimate of drug-likeness (QED) is 0.366. The van der Waals surface area contributed by atoms with Gasteiger partial charge >= 0.3 is 12.1 Å². The molecule has 218 valence electrons. The Balaban J connectivity index is 0.000000559. The maximum Gasteiger partial charge on any atom is 0.490 e. The number of rotatable bonds is 9. The molecule has 4 rings (SSSR count). The molecule has 0 saturated carbocycles. The zero-order chi connectivity index (χ0) is 29.4. The molecule has 0 radical (unpaired) electrons. The topological polar surface area (TPSA) is 144 Å². The normalized spacial score (nSPS) is 20.4. The Morgan fingerprint density at radius 2 is 1.60 bits per heavy atom. The number of amides is 2. The second-order valence-electron chi connectivity index (χ2n) is 10.0. The van der Waals surface area contributed by atoms with E-state index in [9.17, 15) is 33.0 Å². The Bertz CT molecular complexity index is 1160. The van der Waals surface area contributed by atoms with Crippen molar-refractivity contribution in [3.63, 3.8) is 0 Å². The predicted molar refractivity (Wildman–Crippen MR) is 140 cm³/mol.